The standard InChI is InChI=1S/C21H18FN3O3S/c1-28-20(27)18-17(15(12-23-18)10-13-6-5-9-16(22)11-13)24-21(29)25-19(26)14-7-3-2-4-8-14/h2-9,11-12,23H,10H2,1H3,(H2,24,25,26,29). The van der Waals surface area contributed by atoms with Crippen molar-refractivity contribution in [2.75, 3.05) is 12.4 Å². The molecule has 3 N–H and O–H groups in total. The third kappa shape index (κ3) is 5.05. The quantitative estimate of drug-likeness (QED) is 0.441. The van der Waals surface area contributed by atoms with E-state index in [-0.39, 0.29) is 22.5 Å². The summed E-state index contributed by atoms with van der Waals surface area (Å²) in [5.41, 5.74) is 2.32. The number of ether oxygens (including phenoxy) is 1. The number of H-pyrrole nitrogens is 1. The number of thiocarbonyl (C=S) groups is 1. The minimum absolute atomic E-state index is 0.0177. The van der Waals surface area contributed by atoms with E-state index in [1.807, 2.05) is 0 Å². The van der Waals surface area contributed by atoms with Gasteiger partial charge in [0.25, 0.3) is 5.91 Å². The van der Waals surface area contributed by atoms with Crippen molar-refractivity contribution >= 4 is 34.9 Å². The zero-order valence-corrected chi connectivity index (χ0v) is 16.3. The molecule has 0 aliphatic heterocycles. The van der Waals surface area contributed by atoms with Crippen molar-refractivity contribution in [2.45, 2.75) is 6.42 Å². The predicted molar refractivity (Wildman–Crippen MR) is 111 cm³/mol. The zero-order valence-electron chi connectivity index (χ0n) is 15.5. The first-order valence-corrected chi connectivity index (χ1v) is 9.09. The van der Waals surface area contributed by atoms with Gasteiger partial charge in [0.2, 0.25) is 0 Å². The number of anilines is 1. The molecule has 0 aliphatic carbocycles. The van der Waals surface area contributed by atoms with Crippen molar-refractivity contribution < 1.29 is 18.7 Å². The summed E-state index contributed by atoms with van der Waals surface area (Å²) in [4.78, 5) is 27.2. The number of carbonyl (C=O) groups is 2. The maximum atomic E-state index is 13.5. The highest BCUT2D eigenvalue weighted by molar-refractivity contribution is 7.80. The van der Waals surface area contributed by atoms with Crippen molar-refractivity contribution in [1.29, 1.82) is 0 Å². The van der Waals surface area contributed by atoms with E-state index in [9.17, 15) is 14.0 Å². The van der Waals surface area contributed by atoms with Crippen LogP contribution < -0.4 is 10.6 Å². The van der Waals surface area contributed by atoms with E-state index in [4.69, 9.17) is 17.0 Å². The molecule has 0 unspecified atom stereocenters. The molecule has 0 saturated carbocycles. The Kier molecular flexibility index (Phi) is 6.36. The molecular formula is C21H18FN3O3S. The highest BCUT2D eigenvalue weighted by atomic mass is 32.1. The first kappa shape index (κ1) is 20.2. The first-order valence-electron chi connectivity index (χ1n) is 8.68. The van der Waals surface area contributed by atoms with Crippen LogP contribution in [0.2, 0.25) is 0 Å². The summed E-state index contributed by atoms with van der Waals surface area (Å²) < 4.78 is 18.3. The topological polar surface area (TPSA) is 83.2 Å². The molecule has 0 aliphatic rings. The summed E-state index contributed by atoms with van der Waals surface area (Å²) in [5, 5.41) is 5.48. The van der Waals surface area contributed by atoms with Gasteiger partial charge in [-0.05, 0) is 47.6 Å². The Morgan fingerprint density at radius 3 is 2.59 bits per heavy atom. The maximum absolute atomic E-state index is 13.5. The van der Waals surface area contributed by atoms with Gasteiger partial charge in [-0.3, -0.25) is 10.1 Å². The number of hydrogen-bond acceptors (Lipinski definition) is 4. The number of aromatic amines is 1. The fourth-order valence-corrected chi connectivity index (χ4v) is 2.98. The highest BCUT2D eigenvalue weighted by Crippen LogP contribution is 2.25. The van der Waals surface area contributed by atoms with Crippen LogP contribution >= 0.6 is 12.2 Å². The Labute approximate surface area is 172 Å². The Morgan fingerprint density at radius 1 is 1.14 bits per heavy atom. The number of esters is 1. The Hall–Kier alpha value is -3.52. The molecule has 0 radical (unpaired) electrons. The number of aromatic nitrogens is 1. The number of carbonyl (C=O) groups excluding carboxylic acids is 2. The normalized spacial score (nSPS) is 10.3. The van der Waals surface area contributed by atoms with Gasteiger partial charge in [-0.1, -0.05) is 30.3 Å². The fraction of sp³-hybridized carbons (Fsp3) is 0.0952. The zero-order chi connectivity index (χ0) is 20.8. The lowest BCUT2D eigenvalue weighted by Crippen LogP contribution is -2.34. The molecule has 0 spiro atoms. The van der Waals surface area contributed by atoms with Crippen molar-refractivity contribution in [1.82, 2.24) is 10.3 Å². The van der Waals surface area contributed by atoms with Crippen molar-refractivity contribution in [3.05, 3.63) is 89.0 Å². The molecular weight excluding hydrogens is 393 g/mol. The number of halogens is 1. The van der Waals surface area contributed by atoms with Gasteiger partial charge in [-0.15, -0.1) is 0 Å². The molecule has 6 nitrogen and oxygen atoms in total. The van der Waals surface area contributed by atoms with E-state index in [0.717, 1.165) is 0 Å². The second kappa shape index (κ2) is 9.11. The summed E-state index contributed by atoms with van der Waals surface area (Å²) in [5.74, 6) is -1.34. The van der Waals surface area contributed by atoms with Crippen LogP contribution in [-0.2, 0) is 11.2 Å². The molecule has 1 aromatic heterocycles. The van der Waals surface area contributed by atoms with Crippen LogP contribution in [0, 0.1) is 5.82 Å². The van der Waals surface area contributed by atoms with Gasteiger partial charge >= 0.3 is 5.97 Å². The van der Waals surface area contributed by atoms with E-state index in [1.165, 1.54) is 19.2 Å². The average molecular weight is 411 g/mol. The summed E-state index contributed by atoms with van der Waals surface area (Å²) in [6.45, 7) is 0. The van der Waals surface area contributed by atoms with Crippen LogP contribution in [0.25, 0.3) is 0 Å². The summed E-state index contributed by atoms with van der Waals surface area (Å²) in [6, 6.07) is 14.7. The van der Waals surface area contributed by atoms with Crippen molar-refractivity contribution in [3.63, 3.8) is 0 Å². The minimum atomic E-state index is -0.602. The lowest BCUT2D eigenvalue weighted by Gasteiger charge is -2.12. The number of hydrogen-bond donors (Lipinski definition) is 3. The van der Waals surface area contributed by atoms with Gasteiger partial charge in [0.05, 0.1) is 12.8 Å². The smallest absolute Gasteiger partial charge is 0.356 e. The molecule has 1 heterocycles. The third-order valence-electron chi connectivity index (χ3n) is 4.14. The molecule has 8 heteroatoms. The number of benzene rings is 2. The van der Waals surface area contributed by atoms with E-state index in [0.29, 0.717) is 28.8 Å². The van der Waals surface area contributed by atoms with Crippen molar-refractivity contribution in [3.8, 4) is 0 Å². The first-order chi connectivity index (χ1) is 14.0. The van der Waals surface area contributed by atoms with E-state index in [2.05, 4.69) is 15.6 Å². The number of rotatable bonds is 5. The monoisotopic (exact) mass is 411 g/mol. The maximum Gasteiger partial charge on any atom is 0.356 e. The van der Waals surface area contributed by atoms with E-state index in [1.54, 1.807) is 48.7 Å². The Bertz CT molecular complexity index is 1050. The van der Waals surface area contributed by atoms with E-state index < -0.39 is 5.97 Å². The van der Waals surface area contributed by atoms with Crippen LogP contribution in [0.3, 0.4) is 0 Å². The number of methoxy groups -OCH3 is 1. The molecule has 2 aromatic carbocycles. The van der Waals surface area contributed by atoms with Gasteiger partial charge in [0.15, 0.2) is 5.11 Å². The summed E-state index contributed by atoms with van der Waals surface area (Å²) in [6.07, 6.45) is 1.95. The van der Waals surface area contributed by atoms with Crippen LogP contribution in [0.5, 0.6) is 0 Å². The molecule has 148 valence electrons. The molecule has 0 atom stereocenters. The second-order valence-corrected chi connectivity index (χ2v) is 6.54. The summed E-state index contributed by atoms with van der Waals surface area (Å²) in [7, 11) is 1.26. The molecule has 29 heavy (non-hydrogen) atoms. The molecule has 1 amide bonds. The van der Waals surface area contributed by atoms with Crippen molar-refractivity contribution in [2.24, 2.45) is 0 Å². The number of nitrogens with one attached hydrogen (secondary N) is 3. The van der Waals surface area contributed by atoms with Crippen LogP contribution in [0.4, 0.5) is 10.1 Å². The molecule has 0 bridgehead atoms. The Morgan fingerprint density at radius 2 is 1.90 bits per heavy atom. The predicted octanol–water partition coefficient (Wildman–Crippen LogP) is 3.66. The molecule has 3 rings (SSSR count). The fourth-order valence-electron chi connectivity index (χ4n) is 2.79. The third-order valence-corrected chi connectivity index (χ3v) is 4.34. The lowest BCUT2D eigenvalue weighted by atomic mass is 10.1. The van der Waals surface area contributed by atoms with Crippen LogP contribution in [0.15, 0.2) is 60.8 Å². The van der Waals surface area contributed by atoms with Gasteiger partial charge in [0, 0.05) is 18.2 Å². The summed E-state index contributed by atoms with van der Waals surface area (Å²) >= 11 is 5.24. The second-order valence-electron chi connectivity index (χ2n) is 6.14. The largest absolute Gasteiger partial charge is 0.464 e. The SMILES string of the molecule is COC(=O)c1[nH]cc(Cc2cccc(F)c2)c1NC(=S)NC(=O)c1ccccc1. The van der Waals surface area contributed by atoms with Crippen LogP contribution in [0.1, 0.15) is 32.0 Å². The molecule has 0 fully saturated rings. The van der Waals surface area contributed by atoms with Gasteiger partial charge in [-0.2, -0.15) is 0 Å². The average Bonchev–Trinajstić information content (AvgIpc) is 3.10. The highest BCUT2D eigenvalue weighted by Gasteiger charge is 2.20. The van der Waals surface area contributed by atoms with Gasteiger partial charge in [-0.25, -0.2) is 9.18 Å². The van der Waals surface area contributed by atoms with Gasteiger partial charge < -0.3 is 15.0 Å². The van der Waals surface area contributed by atoms with E-state index >= 15 is 0 Å². The lowest BCUT2D eigenvalue weighted by molar-refractivity contribution is 0.0596. The number of amides is 1. The molecule has 0 saturated heterocycles. The minimum Gasteiger partial charge on any atom is -0.464 e. The van der Waals surface area contributed by atoms with Gasteiger partial charge in [0.1, 0.15) is 11.5 Å². The van der Waals surface area contributed by atoms with Crippen LogP contribution in [-0.4, -0.2) is 29.1 Å². The molecule has 3 aromatic rings. The Balaban J connectivity index is 1.82.